The Kier molecular flexibility index (Phi) is 3.13. The largest absolute Gasteiger partial charge is 0.366 e. The van der Waals surface area contributed by atoms with Gasteiger partial charge in [-0.1, -0.05) is 31.3 Å². The third-order valence-electron chi connectivity index (χ3n) is 3.92. The van der Waals surface area contributed by atoms with Crippen LogP contribution in [0.3, 0.4) is 0 Å². The maximum Gasteiger partial charge on any atom is 0.262 e. The molecule has 1 saturated carbocycles. The lowest BCUT2D eigenvalue weighted by Gasteiger charge is -2.31. The Hall–Kier alpha value is -1.65. The zero-order valence-electron chi connectivity index (χ0n) is 10.6. The molecular formula is C13H18N4O. The fourth-order valence-electron chi connectivity index (χ4n) is 2.87. The van der Waals surface area contributed by atoms with Crippen molar-refractivity contribution in [2.45, 2.75) is 45.1 Å². The summed E-state index contributed by atoms with van der Waals surface area (Å²) in [5.74, 6) is 1.59. The summed E-state index contributed by atoms with van der Waals surface area (Å²) in [6.07, 6.45) is 9.60. The van der Waals surface area contributed by atoms with Gasteiger partial charge in [0.2, 0.25) is 0 Å². The summed E-state index contributed by atoms with van der Waals surface area (Å²) in [4.78, 5) is 8.37. The first-order valence-electron chi connectivity index (χ1n) is 6.70. The molecule has 1 N–H and O–H groups in total. The number of hydrogen-bond acceptors (Lipinski definition) is 5. The number of nitrogens with one attached hydrogen (secondary N) is 1. The van der Waals surface area contributed by atoms with Crippen LogP contribution in [-0.2, 0) is 0 Å². The third-order valence-corrected chi connectivity index (χ3v) is 3.92. The minimum atomic E-state index is 0.511. The second-order valence-electron chi connectivity index (χ2n) is 4.97. The molecule has 5 nitrogen and oxygen atoms in total. The Bertz CT molecular complexity index is 524. The van der Waals surface area contributed by atoms with Crippen LogP contribution < -0.4 is 5.32 Å². The van der Waals surface area contributed by atoms with Gasteiger partial charge in [-0.3, -0.25) is 0 Å². The second kappa shape index (κ2) is 4.92. The summed E-state index contributed by atoms with van der Waals surface area (Å²) >= 11 is 0. The van der Waals surface area contributed by atoms with Gasteiger partial charge in [0.1, 0.15) is 17.5 Å². The fraction of sp³-hybridized carbons (Fsp3) is 0.615. The van der Waals surface area contributed by atoms with E-state index in [9.17, 15) is 0 Å². The molecule has 18 heavy (non-hydrogen) atoms. The van der Waals surface area contributed by atoms with Crippen molar-refractivity contribution in [3.05, 3.63) is 12.5 Å². The molecule has 96 valence electrons. The van der Waals surface area contributed by atoms with Crippen LogP contribution in [0.1, 0.15) is 39.0 Å². The number of rotatable bonds is 3. The van der Waals surface area contributed by atoms with Crippen molar-refractivity contribution in [1.82, 2.24) is 15.1 Å². The average molecular weight is 246 g/mol. The van der Waals surface area contributed by atoms with Crippen molar-refractivity contribution < 1.29 is 4.52 Å². The van der Waals surface area contributed by atoms with Gasteiger partial charge >= 0.3 is 0 Å². The maximum atomic E-state index is 5.06. The molecule has 1 fully saturated rings. The molecule has 0 bridgehead atoms. The van der Waals surface area contributed by atoms with Crippen LogP contribution in [-0.4, -0.2) is 21.2 Å². The van der Waals surface area contributed by atoms with E-state index in [0.29, 0.717) is 11.8 Å². The van der Waals surface area contributed by atoms with Gasteiger partial charge in [0.25, 0.3) is 5.71 Å². The van der Waals surface area contributed by atoms with Gasteiger partial charge in [0.05, 0.1) is 6.20 Å². The normalized spacial score (nSPS) is 24.3. The molecule has 2 atom stereocenters. The van der Waals surface area contributed by atoms with E-state index < -0.39 is 0 Å². The van der Waals surface area contributed by atoms with Gasteiger partial charge in [0.15, 0.2) is 0 Å². The Morgan fingerprint density at radius 2 is 2.22 bits per heavy atom. The molecule has 0 amide bonds. The number of anilines is 1. The molecule has 0 aromatic carbocycles. The summed E-state index contributed by atoms with van der Waals surface area (Å²) < 4.78 is 5.06. The molecule has 0 radical (unpaired) electrons. The van der Waals surface area contributed by atoms with Crippen LogP contribution in [0.5, 0.6) is 0 Å². The second-order valence-corrected chi connectivity index (χ2v) is 4.97. The SMILES string of the molecule is CCC1CCCCC1Nc1ncnc2oncc12. The Labute approximate surface area is 106 Å². The van der Waals surface area contributed by atoms with E-state index >= 15 is 0 Å². The van der Waals surface area contributed by atoms with Gasteiger partial charge in [0, 0.05) is 6.04 Å². The zero-order chi connectivity index (χ0) is 12.4. The smallest absolute Gasteiger partial charge is 0.262 e. The molecule has 2 aromatic rings. The lowest BCUT2D eigenvalue weighted by atomic mass is 9.83. The van der Waals surface area contributed by atoms with E-state index in [1.54, 1.807) is 6.20 Å². The van der Waals surface area contributed by atoms with E-state index in [1.165, 1.54) is 38.4 Å². The van der Waals surface area contributed by atoms with Crippen molar-refractivity contribution in [2.75, 3.05) is 5.32 Å². The highest BCUT2D eigenvalue weighted by atomic mass is 16.5. The number of nitrogens with zero attached hydrogens (tertiary/aromatic N) is 3. The van der Waals surface area contributed by atoms with Gasteiger partial charge < -0.3 is 9.84 Å². The molecule has 0 spiro atoms. The first kappa shape index (κ1) is 11.4. The van der Waals surface area contributed by atoms with Gasteiger partial charge in [-0.05, 0) is 18.8 Å². The van der Waals surface area contributed by atoms with E-state index in [4.69, 9.17) is 4.52 Å². The molecule has 2 aromatic heterocycles. The van der Waals surface area contributed by atoms with Crippen LogP contribution >= 0.6 is 0 Å². The minimum absolute atomic E-state index is 0.511. The first-order valence-corrected chi connectivity index (χ1v) is 6.70. The molecule has 2 heterocycles. The van der Waals surface area contributed by atoms with Crippen molar-refractivity contribution in [1.29, 1.82) is 0 Å². The van der Waals surface area contributed by atoms with Gasteiger partial charge in [-0.15, -0.1) is 0 Å². The predicted molar refractivity (Wildman–Crippen MR) is 69.3 cm³/mol. The fourth-order valence-corrected chi connectivity index (χ4v) is 2.87. The Morgan fingerprint density at radius 1 is 1.33 bits per heavy atom. The predicted octanol–water partition coefficient (Wildman–Crippen LogP) is 3.00. The third kappa shape index (κ3) is 2.05. The number of hydrogen-bond donors (Lipinski definition) is 1. The highest BCUT2D eigenvalue weighted by Gasteiger charge is 2.24. The van der Waals surface area contributed by atoms with Gasteiger partial charge in [-0.25, -0.2) is 4.98 Å². The summed E-state index contributed by atoms with van der Waals surface area (Å²) in [6, 6.07) is 0.511. The number of aromatic nitrogens is 3. The molecule has 1 aliphatic rings. The zero-order valence-corrected chi connectivity index (χ0v) is 10.6. The van der Waals surface area contributed by atoms with Crippen molar-refractivity contribution in [3.63, 3.8) is 0 Å². The molecule has 3 rings (SSSR count). The summed E-state index contributed by atoms with van der Waals surface area (Å²) in [6.45, 7) is 2.26. The molecule has 1 aliphatic carbocycles. The lowest BCUT2D eigenvalue weighted by molar-refractivity contribution is 0.317. The summed E-state index contributed by atoms with van der Waals surface area (Å²) in [5, 5.41) is 8.21. The highest BCUT2D eigenvalue weighted by Crippen LogP contribution is 2.30. The van der Waals surface area contributed by atoms with Crippen LogP contribution in [0.15, 0.2) is 17.0 Å². The highest BCUT2D eigenvalue weighted by molar-refractivity contribution is 5.84. The molecule has 5 heteroatoms. The van der Waals surface area contributed by atoms with E-state index in [1.807, 2.05) is 0 Å². The summed E-state index contributed by atoms with van der Waals surface area (Å²) in [7, 11) is 0. The van der Waals surface area contributed by atoms with Crippen molar-refractivity contribution in [2.24, 2.45) is 5.92 Å². The Balaban J connectivity index is 1.84. The van der Waals surface area contributed by atoms with Crippen LogP contribution in [0.2, 0.25) is 0 Å². The van der Waals surface area contributed by atoms with Crippen LogP contribution in [0.4, 0.5) is 5.82 Å². The molecular weight excluding hydrogens is 228 g/mol. The maximum absolute atomic E-state index is 5.06. The summed E-state index contributed by atoms with van der Waals surface area (Å²) in [5.41, 5.74) is 0.552. The van der Waals surface area contributed by atoms with Crippen LogP contribution in [0.25, 0.3) is 11.1 Å². The topological polar surface area (TPSA) is 63.8 Å². The monoisotopic (exact) mass is 246 g/mol. The first-order chi connectivity index (χ1) is 8.88. The molecule has 2 unspecified atom stereocenters. The quantitative estimate of drug-likeness (QED) is 0.901. The number of fused-ring (bicyclic) bond motifs is 1. The average Bonchev–Trinajstić information content (AvgIpc) is 2.89. The van der Waals surface area contributed by atoms with E-state index in [-0.39, 0.29) is 0 Å². The van der Waals surface area contributed by atoms with Crippen LogP contribution in [0, 0.1) is 5.92 Å². The van der Waals surface area contributed by atoms with Gasteiger partial charge in [-0.2, -0.15) is 4.98 Å². The molecule has 0 saturated heterocycles. The minimum Gasteiger partial charge on any atom is -0.366 e. The standard InChI is InChI=1S/C13H18N4O/c1-2-9-5-3-4-6-11(9)17-12-10-7-16-18-13(10)15-8-14-12/h7-9,11H,2-6H2,1H3,(H,14,15,17). The van der Waals surface area contributed by atoms with Crippen molar-refractivity contribution in [3.8, 4) is 0 Å². The van der Waals surface area contributed by atoms with E-state index in [2.05, 4.69) is 27.4 Å². The molecule has 0 aliphatic heterocycles. The lowest BCUT2D eigenvalue weighted by Crippen LogP contribution is -2.32. The van der Waals surface area contributed by atoms with Crippen molar-refractivity contribution >= 4 is 16.9 Å². The van der Waals surface area contributed by atoms with E-state index in [0.717, 1.165) is 17.1 Å². The Morgan fingerprint density at radius 3 is 3.11 bits per heavy atom.